The van der Waals surface area contributed by atoms with Crippen LogP contribution in [0.1, 0.15) is 114 Å². The summed E-state index contributed by atoms with van der Waals surface area (Å²) < 4.78 is 57.0. The fourth-order valence-corrected chi connectivity index (χ4v) is 7.77. The molecular weight excluding hydrogens is 782 g/mol. The molecule has 59 heavy (non-hydrogen) atoms. The minimum absolute atomic E-state index is 0.000350. The Labute approximate surface area is 347 Å². The van der Waals surface area contributed by atoms with Gasteiger partial charge in [0.05, 0.1) is 43.8 Å². The fraction of sp³-hybridized carbons (Fsp3) is 0.619. The minimum atomic E-state index is -4.79. The molecule has 15 nitrogen and oxygen atoms in total. The van der Waals surface area contributed by atoms with Crippen LogP contribution in [0.4, 0.5) is 10.2 Å². The maximum Gasteiger partial charge on any atom is 0.472 e. The number of fused-ring (bicyclic) bond motifs is 1. The van der Waals surface area contributed by atoms with Crippen molar-refractivity contribution in [2.24, 2.45) is 4.99 Å². The van der Waals surface area contributed by atoms with Gasteiger partial charge in [-0.05, 0) is 68.0 Å². The molecule has 6 atom stereocenters. The molecule has 1 saturated heterocycles. The number of allylic oxidation sites excluding steroid dienone is 2. The van der Waals surface area contributed by atoms with Crippen LogP contribution < -0.4 is 5.73 Å². The zero-order chi connectivity index (χ0) is 42.5. The van der Waals surface area contributed by atoms with Crippen LogP contribution in [0.25, 0.3) is 5.52 Å². The van der Waals surface area contributed by atoms with Gasteiger partial charge in [0.2, 0.25) is 0 Å². The Morgan fingerprint density at radius 1 is 1.03 bits per heavy atom. The molecule has 2 aromatic heterocycles. The molecule has 1 aliphatic rings. The quantitative estimate of drug-likeness (QED) is 0.0237. The molecular formula is C42H62FN6O9P. The Morgan fingerprint density at radius 2 is 1.73 bits per heavy atom. The molecule has 0 saturated carbocycles. The largest absolute Gasteiger partial charge is 0.472 e. The van der Waals surface area contributed by atoms with E-state index < -0.39 is 56.9 Å². The van der Waals surface area contributed by atoms with E-state index in [1.807, 2.05) is 6.07 Å². The molecule has 326 valence electrons. The molecule has 17 heteroatoms. The number of aliphatic hydroxyl groups is 2. The van der Waals surface area contributed by atoms with E-state index in [0.717, 1.165) is 38.2 Å². The second kappa shape index (κ2) is 25.2. The summed E-state index contributed by atoms with van der Waals surface area (Å²) in [6, 6.07) is 8.94. The van der Waals surface area contributed by atoms with Gasteiger partial charge in [0.15, 0.2) is 11.4 Å². The number of ether oxygens (including phenoxy) is 3. The van der Waals surface area contributed by atoms with Crippen LogP contribution in [-0.4, -0.2) is 93.8 Å². The number of nitrogens with zero attached hydrogens (tertiary/aromatic N) is 5. The van der Waals surface area contributed by atoms with Crippen molar-refractivity contribution in [3.8, 4) is 6.07 Å². The normalized spacial score (nSPS) is 21.1. The monoisotopic (exact) mass is 844 g/mol. The summed E-state index contributed by atoms with van der Waals surface area (Å²) >= 11 is 0. The summed E-state index contributed by atoms with van der Waals surface area (Å²) in [5, 5.41) is 35.7. The number of aliphatic imine (C=N–C) groups is 1. The van der Waals surface area contributed by atoms with Crippen LogP contribution in [0.15, 0.2) is 53.8 Å². The first-order valence-corrected chi connectivity index (χ1v) is 22.2. The third kappa shape index (κ3) is 15.1. The van der Waals surface area contributed by atoms with Crippen molar-refractivity contribution in [3.05, 3.63) is 71.4 Å². The molecule has 1 aromatic carbocycles. The van der Waals surface area contributed by atoms with Gasteiger partial charge in [-0.15, -0.1) is 0 Å². The van der Waals surface area contributed by atoms with Crippen molar-refractivity contribution < 1.29 is 47.3 Å². The lowest BCUT2D eigenvalue weighted by atomic mass is 9.92. The van der Waals surface area contributed by atoms with E-state index in [9.17, 15) is 29.3 Å². The lowest BCUT2D eigenvalue weighted by molar-refractivity contribution is -0.0626. The van der Waals surface area contributed by atoms with E-state index >= 15 is 0 Å². The maximum absolute atomic E-state index is 14.1. The van der Waals surface area contributed by atoms with Gasteiger partial charge in [-0.1, -0.05) is 76.9 Å². The highest BCUT2D eigenvalue weighted by Crippen LogP contribution is 2.46. The van der Waals surface area contributed by atoms with E-state index in [-0.39, 0.29) is 30.3 Å². The smallest absolute Gasteiger partial charge is 0.387 e. The summed E-state index contributed by atoms with van der Waals surface area (Å²) in [6.45, 7) is 1.46. The van der Waals surface area contributed by atoms with Gasteiger partial charge in [0.25, 0.3) is 0 Å². The summed E-state index contributed by atoms with van der Waals surface area (Å²) in [5.74, 6) is -0.423. The Balaban J connectivity index is 1.23. The third-order valence-corrected chi connectivity index (χ3v) is 11.1. The zero-order valence-electron chi connectivity index (χ0n) is 34.4. The predicted octanol–water partition coefficient (Wildman–Crippen LogP) is 7.11. The van der Waals surface area contributed by atoms with Crippen LogP contribution in [0.5, 0.6) is 0 Å². The number of aliphatic hydroxyl groups excluding tert-OH is 2. The van der Waals surface area contributed by atoms with Gasteiger partial charge in [-0.2, -0.15) is 10.4 Å². The highest BCUT2D eigenvalue weighted by Gasteiger charge is 2.56. The van der Waals surface area contributed by atoms with Crippen molar-refractivity contribution in [3.63, 3.8) is 0 Å². The average molecular weight is 845 g/mol. The first-order chi connectivity index (χ1) is 28.5. The highest BCUT2D eigenvalue weighted by molar-refractivity contribution is 7.47. The fourth-order valence-electron chi connectivity index (χ4n) is 7.01. The summed E-state index contributed by atoms with van der Waals surface area (Å²) in [6.07, 6.45) is 18.5. The molecule has 3 aromatic rings. The molecule has 1 fully saturated rings. The number of phosphoric ester groups is 1. The SMILES string of the molecule is CCCCCCCC/C=C\CCCCCCCCOC[C@H](COP(=O)(O)OC[C@H]1O[C@@](C=NC)(c2ccc3c(N)ncnn23)[C@H](O)[C@@H]1O)OCc1cc(F)cc(C#N)c1. The molecule has 0 aliphatic carbocycles. The zero-order valence-corrected chi connectivity index (χ0v) is 35.3. The van der Waals surface area contributed by atoms with Gasteiger partial charge < -0.3 is 35.1 Å². The second-order valence-electron chi connectivity index (χ2n) is 14.9. The van der Waals surface area contributed by atoms with Crippen molar-refractivity contribution >= 4 is 25.4 Å². The second-order valence-corrected chi connectivity index (χ2v) is 16.4. The van der Waals surface area contributed by atoms with Crippen LogP contribution in [0, 0.1) is 17.1 Å². The number of rotatable bonds is 29. The van der Waals surface area contributed by atoms with Crippen LogP contribution in [0.2, 0.25) is 0 Å². The molecule has 1 aliphatic heterocycles. The predicted molar refractivity (Wildman–Crippen MR) is 222 cm³/mol. The Morgan fingerprint density at radius 3 is 2.42 bits per heavy atom. The molecule has 0 radical (unpaired) electrons. The number of hydrogen-bond acceptors (Lipinski definition) is 13. The Hall–Kier alpha value is -3.62. The van der Waals surface area contributed by atoms with Gasteiger partial charge >= 0.3 is 7.82 Å². The number of halogens is 1. The number of phosphoric acid groups is 1. The van der Waals surface area contributed by atoms with Crippen LogP contribution in [0.3, 0.4) is 0 Å². The van der Waals surface area contributed by atoms with E-state index in [4.69, 9.17) is 29.0 Å². The first-order valence-electron chi connectivity index (χ1n) is 20.7. The molecule has 5 N–H and O–H groups in total. The number of unbranched alkanes of at least 4 members (excludes halogenated alkanes) is 12. The summed E-state index contributed by atoms with van der Waals surface area (Å²) in [5.41, 5.74) is 5.48. The summed E-state index contributed by atoms with van der Waals surface area (Å²) in [7, 11) is -3.33. The molecule has 0 amide bonds. The van der Waals surface area contributed by atoms with Crippen LogP contribution in [-0.2, 0) is 40.0 Å². The standard InChI is InChI=1S/C42H62FN6O9P/c1-3-4-5-6-7-8-9-10-11-12-13-14-15-16-17-18-21-54-27-35(55-26-33-22-32(25-44)23-34(43)24-33)28-56-59(52,53)57-29-37-39(50)40(51)42(58-37,30-46-2)38-20-19-36-41(45)47-31-48-49(36)38/h10-11,19-20,22-24,30-31,35,37,39-40,50-51H,3-9,12-18,21,26-29H2,1-2H3,(H,52,53)(H2,45,47,48)/b11-10-,46-30?/t35-,37-,39-,40-,42+/m1/s1. The van der Waals surface area contributed by atoms with E-state index in [1.54, 1.807) is 12.1 Å². The van der Waals surface area contributed by atoms with E-state index in [0.29, 0.717) is 17.7 Å². The number of nitriles is 1. The molecule has 4 rings (SSSR count). The number of nitrogens with two attached hydrogens (primary N) is 1. The number of anilines is 1. The minimum Gasteiger partial charge on any atom is -0.387 e. The highest BCUT2D eigenvalue weighted by atomic mass is 31.2. The van der Waals surface area contributed by atoms with Crippen molar-refractivity contribution in [1.29, 1.82) is 5.26 Å². The molecule has 1 unspecified atom stereocenters. The number of benzene rings is 1. The van der Waals surface area contributed by atoms with Crippen molar-refractivity contribution in [2.75, 3.05) is 39.2 Å². The lowest BCUT2D eigenvalue weighted by Crippen LogP contribution is -2.43. The van der Waals surface area contributed by atoms with Crippen molar-refractivity contribution in [1.82, 2.24) is 14.6 Å². The number of hydrogen-bond donors (Lipinski definition) is 4. The number of aromatic nitrogens is 3. The topological polar surface area (TPSA) is 216 Å². The molecule has 3 heterocycles. The Bertz CT molecular complexity index is 1860. The first kappa shape index (κ1) is 48.1. The maximum atomic E-state index is 14.1. The molecule has 0 spiro atoms. The van der Waals surface area contributed by atoms with Gasteiger partial charge in [-0.3, -0.25) is 14.0 Å². The van der Waals surface area contributed by atoms with Gasteiger partial charge in [0.1, 0.15) is 42.1 Å². The Kier molecular flexibility index (Phi) is 20.5. The summed E-state index contributed by atoms with van der Waals surface area (Å²) in [4.78, 5) is 18.7. The van der Waals surface area contributed by atoms with Crippen LogP contribution >= 0.6 is 7.82 Å². The number of nitrogen functional groups attached to an aromatic ring is 1. The lowest BCUT2D eigenvalue weighted by Gasteiger charge is -2.27. The van der Waals surface area contributed by atoms with Gasteiger partial charge in [0, 0.05) is 19.9 Å². The van der Waals surface area contributed by atoms with Crippen molar-refractivity contribution in [2.45, 2.75) is 133 Å². The molecule has 0 bridgehead atoms. The van der Waals surface area contributed by atoms with E-state index in [1.165, 1.54) is 94.0 Å². The van der Waals surface area contributed by atoms with Gasteiger partial charge in [-0.25, -0.2) is 18.5 Å². The third-order valence-electron chi connectivity index (χ3n) is 10.2. The van der Waals surface area contributed by atoms with E-state index in [2.05, 4.69) is 34.2 Å². The average Bonchev–Trinajstić information content (AvgIpc) is 3.77.